The van der Waals surface area contributed by atoms with Gasteiger partial charge in [-0.15, -0.1) is 0 Å². The van der Waals surface area contributed by atoms with Crippen molar-refractivity contribution in [1.29, 1.82) is 5.41 Å². The van der Waals surface area contributed by atoms with E-state index in [1.807, 2.05) is 50.9 Å². The van der Waals surface area contributed by atoms with Crippen LogP contribution in [0.4, 0.5) is 27.4 Å². The van der Waals surface area contributed by atoms with Crippen molar-refractivity contribution in [2.45, 2.75) is 66.9 Å². The number of Topliss-reactive ketones (excluding diaryl/α,β-unsaturated/α-hetero) is 1. The van der Waals surface area contributed by atoms with Crippen LogP contribution in [-0.2, 0) is 21.4 Å². The molecule has 1 aliphatic rings. The fraction of sp³-hybridized carbons (Fsp3) is 0.426. The fourth-order valence-corrected chi connectivity index (χ4v) is 7.68. The van der Waals surface area contributed by atoms with Crippen LogP contribution in [0.3, 0.4) is 0 Å². The highest BCUT2D eigenvalue weighted by Crippen LogP contribution is 2.34. The Labute approximate surface area is 392 Å². The number of rotatable bonds is 18. The summed E-state index contributed by atoms with van der Waals surface area (Å²) in [6.45, 7) is 17.6. The second-order valence-electron chi connectivity index (χ2n) is 14.8. The first-order valence-corrected chi connectivity index (χ1v) is 22.6. The van der Waals surface area contributed by atoms with E-state index in [2.05, 4.69) is 49.3 Å². The Bertz CT molecular complexity index is 2270. The summed E-state index contributed by atoms with van der Waals surface area (Å²) in [4.78, 5) is 45.2. The number of pyridine rings is 2. The number of nitrogens with two attached hydrogens (primary N) is 1. The summed E-state index contributed by atoms with van der Waals surface area (Å²) in [5, 5.41) is 20.1. The first kappa shape index (κ1) is 53.5. The average molecular weight is 937 g/mol. The quantitative estimate of drug-likeness (QED) is 0.0285. The van der Waals surface area contributed by atoms with E-state index in [4.69, 9.17) is 39.1 Å². The molecule has 1 saturated heterocycles. The van der Waals surface area contributed by atoms with Crippen LogP contribution in [0.5, 0.6) is 5.75 Å². The lowest BCUT2D eigenvalue weighted by Gasteiger charge is -2.35. The van der Waals surface area contributed by atoms with Crippen LogP contribution in [0, 0.1) is 11.2 Å². The summed E-state index contributed by atoms with van der Waals surface area (Å²) >= 11 is 12.5. The van der Waals surface area contributed by atoms with Crippen LogP contribution in [0.15, 0.2) is 61.1 Å². The molecule has 1 amide bonds. The van der Waals surface area contributed by atoms with E-state index >= 15 is 0 Å². The molecular formula is C47H64Cl2FN11O4. The van der Waals surface area contributed by atoms with E-state index in [-0.39, 0.29) is 17.3 Å². The number of nitrogen functional groups attached to an aromatic ring is 1. The molecule has 5 N–H and O–H groups in total. The van der Waals surface area contributed by atoms with Gasteiger partial charge in [-0.3, -0.25) is 29.6 Å². The van der Waals surface area contributed by atoms with Crippen molar-refractivity contribution in [1.82, 2.24) is 30.0 Å². The molecule has 2 aromatic carbocycles. The van der Waals surface area contributed by atoms with E-state index in [9.17, 15) is 18.8 Å². The molecule has 65 heavy (non-hydrogen) atoms. The number of nitrogens with one attached hydrogen (secondary N) is 3. The minimum absolute atomic E-state index is 0.167. The number of ether oxygens (including phenoxy) is 1. The number of nitrogens with zero attached hydrogens (tertiary/aromatic N) is 7. The number of anilines is 4. The number of aryl methyl sites for hydroxylation is 1. The Morgan fingerprint density at radius 3 is 2.23 bits per heavy atom. The van der Waals surface area contributed by atoms with Gasteiger partial charge in [0, 0.05) is 113 Å². The van der Waals surface area contributed by atoms with Crippen LogP contribution in [0.1, 0.15) is 83.6 Å². The number of carbonyl (C=O) groups is 3. The molecule has 0 unspecified atom stereocenters. The maximum atomic E-state index is 14.6. The third-order valence-electron chi connectivity index (χ3n) is 10.1. The number of hydrogen-bond donors (Lipinski definition) is 4. The van der Waals surface area contributed by atoms with Gasteiger partial charge in [0.25, 0.3) is 0 Å². The lowest BCUT2D eigenvalue weighted by atomic mass is 10.0. The molecule has 5 aromatic rings. The Kier molecular flexibility index (Phi) is 22.6. The molecule has 1 aliphatic heterocycles. The number of piperazine rings is 1. The summed E-state index contributed by atoms with van der Waals surface area (Å²) in [6, 6.07) is 12.5. The molecule has 0 radical (unpaired) electrons. The van der Waals surface area contributed by atoms with Gasteiger partial charge in [-0.2, -0.15) is 5.10 Å². The minimum Gasteiger partial charge on any atom is -0.486 e. The summed E-state index contributed by atoms with van der Waals surface area (Å²) in [7, 11) is 3.64. The average Bonchev–Trinajstić information content (AvgIpc) is 3.61. The first-order valence-electron chi connectivity index (χ1n) is 21.8. The van der Waals surface area contributed by atoms with E-state index in [1.54, 1.807) is 49.1 Å². The zero-order chi connectivity index (χ0) is 48.1. The van der Waals surface area contributed by atoms with E-state index in [0.717, 1.165) is 62.0 Å². The molecule has 1 fully saturated rings. The molecule has 0 bridgehead atoms. The van der Waals surface area contributed by atoms with Crippen molar-refractivity contribution in [3.05, 3.63) is 93.6 Å². The Morgan fingerprint density at radius 1 is 1.02 bits per heavy atom. The van der Waals surface area contributed by atoms with E-state index in [0.29, 0.717) is 88.7 Å². The van der Waals surface area contributed by atoms with E-state index < -0.39 is 6.10 Å². The van der Waals surface area contributed by atoms with Gasteiger partial charge in [0.2, 0.25) is 6.41 Å². The fourth-order valence-electron chi connectivity index (χ4n) is 7.01. The Balaban J connectivity index is 0.000000303. The molecule has 4 heterocycles. The van der Waals surface area contributed by atoms with Crippen molar-refractivity contribution in [3.8, 4) is 5.75 Å². The Hall–Kier alpha value is -5.84. The zero-order valence-corrected chi connectivity index (χ0v) is 40.3. The molecule has 18 heteroatoms. The highest BCUT2D eigenvalue weighted by atomic mass is 35.5. The molecule has 0 spiro atoms. The maximum Gasteiger partial charge on any atom is 0.207 e. The summed E-state index contributed by atoms with van der Waals surface area (Å²) in [5.41, 5.74) is 10.4. The number of halogens is 3. The number of benzene rings is 2. The predicted molar refractivity (Wildman–Crippen MR) is 263 cm³/mol. The first-order chi connectivity index (χ1) is 31.3. The van der Waals surface area contributed by atoms with Crippen molar-refractivity contribution in [3.63, 3.8) is 0 Å². The predicted octanol–water partition coefficient (Wildman–Crippen LogP) is 8.36. The third kappa shape index (κ3) is 15.4. The smallest absolute Gasteiger partial charge is 0.207 e. The highest BCUT2D eigenvalue weighted by Gasteiger charge is 2.23. The maximum absolute atomic E-state index is 14.6. The Morgan fingerprint density at radius 2 is 1.68 bits per heavy atom. The van der Waals surface area contributed by atoms with E-state index in [1.165, 1.54) is 12.4 Å². The molecule has 3 aromatic heterocycles. The van der Waals surface area contributed by atoms with Gasteiger partial charge in [-0.25, -0.2) is 9.37 Å². The molecule has 1 atom stereocenters. The SMILES string of the molecule is CC.CCCN(CCC)c1ccc(C(=N)c2cc(O[C@H](C)c3c(Cl)cncc3Cl)ccc2N)cn1.CNc1nn(C)c2cc(N3CCN(CC(C)=O)CC3)c(F)cc12.O=CCCNC=O. The largest absolute Gasteiger partial charge is 0.486 e. The van der Waals surface area contributed by atoms with Gasteiger partial charge < -0.3 is 35.7 Å². The van der Waals surface area contributed by atoms with Gasteiger partial charge in [0.05, 0.1) is 33.5 Å². The van der Waals surface area contributed by atoms with Gasteiger partial charge in [0.1, 0.15) is 35.6 Å². The van der Waals surface area contributed by atoms with Gasteiger partial charge in [-0.05, 0) is 69.2 Å². The third-order valence-corrected chi connectivity index (χ3v) is 10.7. The van der Waals surface area contributed by atoms with Crippen LogP contribution < -0.4 is 30.9 Å². The van der Waals surface area contributed by atoms with Crippen molar-refractivity contribution < 1.29 is 23.5 Å². The van der Waals surface area contributed by atoms with Gasteiger partial charge in [0.15, 0.2) is 5.82 Å². The highest BCUT2D eigenvalue weighted by molar-refractivity contribution is 6.35. The number of carbonyl (C=O) groups excluding carboxylic acids is 3. The molecule has 0 aliphatic carbocycles. The van der Waals surface area contributed by atoms with Crippen LogP contribution in [0.25, 0.3) is 10.9 Å². The number of hydrogen-bond acceptors (Lipinski definition) is 13. The molecule has 6 rings (SSSR count). The number of aromatic nitrogens is 4. The molecule has 0 saturated carbocycles. The summed E-state index contributed by atoms with van der Waals surface area (Å²) < 4.78 is 22.4. The summed E-state index contributed by atoms with van der Waals surface area (Å²) in [6.07, 6.45) is 8.22. The second kappa shape index (κ2) is 27.5. The standard InChI is InChI=1S/C25H29Cl2N5O.C16H22FN5O.C4H7NO2.C2H6/c1-4-10-32(11-5-2)23-9-6-17(13-31-23)25(29)19-12-18(7-8-22(19)28)33-16(3)24-20(26)14-30-15-21(24)27;1-11(23)10-21-4-6-22(7-5-21)15-9-14-12(8-13(15)17)16(18-2)19-20(14)3;6-3-1-2-5-4-7;1-2/h6-9,12-16,29H,4-5,10-11,28H2,1-3H3;8-9H,4-7,10H2,1-3H3,(H,18,19);3-4H,1-2H2,(H,5,7);1-2H3/t16-;;;/m1.../s1. The minimum atomic E-state index is -0.414. The number of aldehydes is 1. The lowest BCUT2D eigenvalue weighted by molar-refractivity contribution is -0.118. The topological polar surface area (TPSA) is 188 Å². The van der Waals surface area contributed by atoms with Crippen molar-refractivity contribution in [2.75, 3.05) is 80.3 Å². The normalized spacial score (nSPS) is 12.6. The second-order valence-corrected chi connectivity index (χ2v) is 15.6. The number of amides is 1. The van der Waals surface area contributed by atoms with Crippen LogP contribution in [0.2, 0.25) is 10.0 Å². The monoisotopic (exact) mass is 935 g/mol. The zero-order valence-electron chi connectivity index (χ0n) is 38.8. The van der Waals surface area contributed by atoms with Crippen molar-refractivity contribution >= 4 is 81.3 Å². The van der Waals surface area contributed by atoms with Crippen molar-refractivity contribution in [2.24, 2.45) is 7.05 Å². The molecule has 352 valence electrons. The molecule has 15 nitrogen and oxygen atoms in total. The lowest BCUT2D eigenvalue weighted by Crippen LogP contribution is -2.48. The van der Waals surface area contributed by atoms with Crippen LogP contribution in [-0.4, -0.2) is 108 Å². The molecular weight excluding hydrogens is 872 g/mol. The summed E-state index contributed by atoms with van der Waals surface area (Å²) in [5.74, 6) is 2.09. The number of ketones is 1. The van der Waals surface area contributed by atoms with Gasteiger partial charge >= 0.3 is 0 Å². The number of fused-ring (bicyclic) bond motifs is 1. The van der Waals surface area contributed by atoms with Gasteiger partial charge in [-0.1, -0.05) is 50.9 Å². The van der Waals surface area contributed by atoms with Crippen LogP contribution >= 0.6 is 23.2 Å².